The van der Waals surface area contributed by atoms with Crippen molar-refractivity contribution in [3.8, 4) is 0 Å². The van der Waals surface area contributed by atoms with E-state index in [0.29, 0.717) is 26.2 Å². The van der Waals surface area contributed by atoms with Crippen LogP contribution in [0.15, 0.2) is 72.8 Å². The number of carbonyl (C=O) groups is 1. The van der Waals surface area contributed by atoms with Gasteiger partial charge in [-0.3, -0.25) is 4.79 Å². The zero-order valence-corrected chi connectivity index (χ0v) is 15.6. The highest BCUT2D eigenvalue weighted by atomic mass is 16.6. The van der Waals surface area contributed by atoms with E-state index in [0.717, 1.165) is 11.1 Å². The zero-order chi connectivity index (χ0) is 18.9. The van der Waals surface area contributed by atoms with Crippen LogP contribution in [-0.2, 0) is 32.2 Å². The molecule has 0 aromatic heterocycles. The average Bonchev–Trinajstić information content (AvgIpc) is 2.68. The highest BCUT2D eigenvalue weighted by molar-refractivity contribution is 5.76. The molecule has 0 spiro atoms. The number of rotatable bonds is 9. The minimum atomic E-state index is -0.244. The SMILES string of the molecule is CC(=O)CC1C=CC(OCc2ccccc2)C(COCc2ccccc2)O1. The van der Waals surface area contributed by atoms with Crippen LogP contribution in [0.1, 0.15) is 24.5 Å². The number of hydrogen-bond donors (Lipinski definition) is 0. The molecule has 0 bridgehead atoms. The first-order valence-corrected chi connectivity index (χ1v) is 9.31. The van der Waals surface area contributed by atoms with Crippen molar-refractivity contribution in [1.29, 1.82) is 0 Å². The summed E-state index contributed by atoms with van der Waals surface area (Å²) in [5.41, 5.74) is 2.23. The van der Waals surface area contributed by atoms with Crippen molar-refractivity contribution < 1.29 is 19.0 Å². The van der Waals surface area contributed by atoms with Crippen molar-refractivity contribution in [3.63, 3.8) is 0 Å². The van der Waals surface area contributed by atoms with Gasteiger partial charge in [-0.05, 0) is 18.1 Å². The van der Waals surface area contributed by atoms with Crippen LogP contribution in [0.25, 0.3) is 0 Å². The number of ether oxygens (including phenoxy) is 3. The van der Waals surface area contributed by atoms with Crippen LogP contribution in [-0.4, -0.2) is 30.7 Å². The van der Waals surface area contributed by atoms with Crippen molar-refractivity contribution in [2.75, 3.05) is 6.61 Å². The van der Waals surface area contributed by atoms with Gasteiger partial charge in [-0.2, -0.15) is 0 Å². The van der Waals surface area contributed by atoms with E-state index in [-0.39, 0.29) is 24.1 Å². The maximum absolute atomic E-state index is 11.4. The molecule has 0 aliphatic carbocycles. The monoisotopic (exact) mass is 366 g/mol. The Bertz CT molecular complexity index is 727. The first kappa shape index (κ1) is 19.5. The topological polar surface area (TPSA) is 44.8 Å². The number of carbonyl (C=O) groups excluding carboxylic acids is 1. The van der Waals surface area contributed by atoms with Gasteiger partial charge in [0.05, 0.1) is 25.9 Å². The number of benzene rings is 2. The summed E-state index contributed by atoms with van der Waals surface area (Å²) in [6, 6.07) is 20.1. The second kappa shape index (κ2) is 10.2. The van der Waals surface area contributed by atoms with Gasteiger partial charge in [-0.25, -0.2) is 0 Å². The summed E-state index contributed by atoms with van der Waals surface area (Å²) in [5.74, 6) is 0.109. The standard InChI is InChI=1S/C23H26O4/c1-18(24)14-21-12-13-22(26-16-20-10-6-3-7-11-20)23(27-21)17-25-15-19-8-4-2-5-9-19/h2-13,21-23H,14-17H2,1H3. The lowest BCUT2D eigenvalue weighted by atomic mass is 10.1. The van der Waals surface area contributed by atoms with Gasteiger partial charge in [0.1, 0.15) is 18.0 Å². The largest absolute Gasteiger partial charge is 0.374 e. The van der Waals surface area contributed by atoms with Crippen LogP contribution in [0.5, 0.6) is 0 Å². The molecule has 3 rings (SSSR count). The van der Waals surface area contributed by atoms with E-state index in [2.05, 4.69) is 0 Å². The van der Waals surface area contributed by atoms with Crippen molar-refractivity contribution in [2.24, 2.45) is 0 Å². The molecule has 1 aliphatic heterocycles. The minimum absolute atomic E-state index is 0.109. The Hall–Kier alpha value is -2.27. The molecule has 0 N–H and O–H groups in total. The Kier molecular flexibility index (Phi) is 7.34. The van der Waals surface area contributed by atoms with Crippen molar-refractivity contribution in [1.82, 2.24) is 0 Å². The lowest BCUT2D eigenvalue weighted by Gasteiger charge is -2.32. The van der Waals surface area contributed by atoms with E-state index < -0.39 is 0 Å². The lowest BCUT2D eigenvalue weighted by molar-refractivity contribution is -0.132. The fraction of sp³-hybridized carbons (Fsp3) is 0.348. The van der Waals surface area contributed by atoms with Crippen molar-refractivity contribution in [3.05, 3.63) is 83.9 Å². The number of ketones is 1. The Morgan fingerprint density at radius 1 is 0.926 bits per heavy atom. The summed E-state index contributed by atoms with van der Waals surface area (Å²) < 4.78 is 18.0. The van der Waals surface area contributed by atoms with E-state index in [4.69, 9.17) is 14.2 Å². The highest BCUT2D eigenvalue weighted by Crippen LogP contribution is 2.20. The van der Waals surface area contributed by atoms with Crippen LogP contribution in [0.4, 0.5) is 0 Å². The predicted octanol–water partition coefficient (Wildman–Crippen LogP) is 4.09. The van der Waals surface area contributed by atoms with Crippen molar-refractivity contribution in [2.45, 2.75) is 44.9 Å². The van der Waals surface area contributed by atoms with E-state index in [1.54, 1.807) is 6.92 Å². The summed E-state index contributed by atoms with van der Waals surface area (Å²) in [6.07, 6.45) is 3.62. The van der Waals surface area contributed by atoms with Crippen LogP contribution in [0.3, 0.4) is 0 Å². The molecule has 3 unspecified atom stereocenters. The summed E-state index contributed by atoms with van der Waals surface area (Å²) in [6.45, 7) is 3.02. The van der Waals surface area contributed by atoms with E-state index in [1.807, 2.05) is 72.8 Å². The number of Topliss-reactive ketones (excluding diaryl/α,β-unsaturated/α-hetero) is 1. The van der Waals surface area contributed by atoms with E-state index in [9.17, 15) is 4.79 Å². The van der Waals surface area contributed by atoms with Crippen LogP contribution >= 0.6 is 0 Å². The molecule has 1 aliphatic rings. The molecule has 0 saturated heterocycles. The quantitative estimate of drug-likeness (QED) is 0.627. The minimum Gasteiger partial charge on any atom is -0.374 e. The highest BCUT2D eigenvalue weighted by Gasteiger charge is 2.28. The molecule has 1 heterocycles. The summed E-state index contributed by atoms with van der Waals surface area (Å²) in [7, 11) is 0. The fourth-order valence-electron chi connectivity index (χ4n) is 3.04. The zero-order valence-electron chi connectivity index (χ0n) is 15.6. The molecule has 27 heavy (non-hydrogen) atoms. The van der Waals surface area contributed by atoms with Crippen LogP contribution < -0.4 is 0 Å². The smallest absolute Gasteiger partial charge is 0.132 e. The fourth-order valence-corrected chi connectivity index (χ4v) is 3.04. The van der Waals surface area contributed by atoms with Gasteiger partial charge in [0.2, 0.25) is 0 Å². The third kappa shape index (κ3) is 6.43. The normalized spacial score (nSPS) is 21.9. The van der Waals surface area contributed by atoms with Gasteiger partial charge in [-0.1, -0.05) is 72.8 Å². The Morgan fingerprint density at radius 3 is 2.19 bits per heavy atom. The molecule has 2 aromatic rings. The summed E-state index contributed by atoms with van der Waals surface area (Å²) in [4.78, 5) is 11.4. The van der Waals surface area contributed by atoms with E-state index in [1.165, 1.54) is 0 Å². The molecule has 0 amide bonds. The summed E-state index contributed by atoms with van der Waals surface area (Å²) in [5, 5.41) is 0. The molecule has 3 atom stereocenters. The molecule has 0 fully saturated rings. The second-order valence-corrected chi connectivity index (χ2v) is 6.77. The van der Waals surface area contributed by atoms with Crippen LogP contribution in [0.2, 0.25) is 0 Å². The molecule has 0 radical (unpaired) electrons. The molecular formula is C23H26O4. The number of hydrogen-bond acceptors (Lipinski definition) is 4. The average molecular weight is 366 g/mol. The predicted molar refractivity (Wildman–Crippen MR) is 104 cm³/mol. The Labute approximate surface area is 160 Å². The van der Waals surface area contributed by atoms with Gasteiger partial charge in [0, 0.05) is 6.42 Å². The first-order chi connectivity index (χ1) is 13.2. The molecule has 4 heteroatoms. The first-order valence-electron chi connectivity index (χ1n) is 9.31. The van der Waals surface area contributed by atoms with Gasteiger partial charge in [0.25, 0.3) is 0 Å². The molecule has 4 nitrogen and oxygen atoms in total. The third-order valence-corrected chi connectivity index (χ3v) is 4.40. The van der Waals surface area contributed by atoms with Gasteiger partial charge < -0.3 is 14.2 Å². The maximum atomic E-state index is 11.4. The van der Waals surface area contributed by atoms with Gasteiger partial charge >= 0.3 is 0 Å². The molecule has 2 aromatic carbocycles. The van der Waals surface area contributed by atoms with Gasteiger partial charge in [0.15, 0.2) is 0 Å². The maximum Gasteiger partial charge on any atom is 0.132 e. The molecular weight excluding hydrogens is 340 g/mol. The second-order valence-electron chi connectivity index (χ2n) is 6.77. The van der Waals surface area contributed by atoms with Crippen LogP contribution in [0, 0.1) is 0 Å². The lowest BCUT2D eigenvalue weighted by Crippen LogP contribution is -2.40. The van der Waals surface area contributed by atoms with Gasteiger partial charge in [-0.15, -0.1) is 0 Å². The summed E-state index contributed by atoms with van der Waals surface area (Å²) >= 11 is 0. The Morgan fingerprint density at radius 2 is 1.56 bits per heavy atom. The third-order valence-electron chi connectivity index (χ3n) is 4.40. The molecule has 142 valence electrons. The molecule has 0 saturated carbocycles. The van der Waals surface area contributed by atoms with E-state index >= 15 is 0 Å². The Balaban J connectivity index is 1.58. The van der Waals surface area contributed by atoms with Crippen molar-refractivity contribution >= 4 is 5.78 Å².